The van der Waals surface area contributed by atoms with Gasteiger partial charge >= 0.3 is 6.18 Å². The first-order valence-corrected chi connectivity index (χ1v) is 4.33. The molecule has 0 aliphatic rings. The number of alkyl halides is 5. The molecular formula is C9H9F5N2. The van der Waals surface area contributed by atoms with Crippen molar-refractivity contribution in [3.05, 3.63) is 28.6 Å². The Kier molecular flexibility index (Phi) is 3.47. The van der Waals surface area contributed by atoms with E-state index in [1.807, 2.05) is 0 Å². The first-order chi connectivity index (χ1) is 7.27. The van der Waals surface area contributed by atoms with E-state index < -0.39 is 29.4 Å². The molecule has 0 atom stereocenters. The average molecular weight is 240 g/mol. The maximum Gasteiger partial charge on any atom is 0.418 e. The SMILES string of the molecule is Cc1nc(CN)cc(C(F)F)c1C(F)(F)F. The monoisotopic (exact) mass is 240 g/mol. The van der Waals surface area contributed by atoms with Gasteiger partial charge in [-0.15, -0.1) is 0 Å². The molecule has 0 aliphatic heterocycles. The van der Waals surface area contributed by atoms with Crippen LogP contribution in [0.1, 0.15) is 28.9 Å². The average Bonchev–Trinajstić information content (AvgIpc) is 2.14. The zero-order chi connectivity index (χ0) is 12.5. The Balaban J connectivity index is 3.46. The third-order valence-electron chi connectivity index (χ3n) is 2.01. The topological polar surface area (TPSA) is 38.9 Å². The number of nitrogens with two attached hydrogens (primary N) is 1. The van der Waals surface area contributed by atoms with Gasteiger partial charge in [-0.1, -0.05) is 0 Å². The van der Waals surface area contributed by atoms with Crippen molar-refractivity contribution in [1.82, 2.24) is 4.98 Å². The van der Waals surface area contributed by atoms with E-state index in [0.29, 0.717) is 6.07 Å². The van der Waals surface area contributed by atoms with E-state index in [9.17, 15) is 22.0 Å². The van der Waals surface area contributed by atoms with Crippen LogP contribution in [0.15, 0.2) is 6.07 Å². The minimum atomic E-state index is -4.84. The van der Waals surface area contributed by atoms with Crippen LogP contribution in [0, 0.1) is 6.92 Å². The molecular weight excluding hydrogens is 231 g/mol. The molecule has 0 aliphatic carbocycles. The van der Waals surface area contributed by atoms with Crippen LogP contribution < -0.4 is 5.73 Å². The van der Waals surface area contributed by atoms with Crippen LogP contribution in [0.3, 0.4) is 0 Å². The number of nitrogens with zero attached hydrogens (tertiary/aromatic N) is 1. The van der Waals surface area contributed by atoms with Crippen LogP contribution in [0.25, 0.3) is 0 Å². The number of rotatable bonds is 2. The van der Waals surface area contributed by atoms with Gasteiger partial charge in [-0.25, -0.2) is 8.78 Å². The molecule has 0 saturated heterocycles. The normalized spacial score (nSPS) is 12.2. The van der Waals surface area contributed by atoms with Gasteiger partial charge in [0, 0.05) is 12.1 Å². The lowest BCUT2D eigenvalue weighted by molar-refractivity contribution is -0.140. The van der Waals surface area contributed by atoms with E-state index in [1.54, 1.807) is 0 Å². The highest BCUT2D eigenvalue weighted by molar-refractivity contribution is 5.35. The summed E-state index contributed by atoms with van der Waals surface area (Å²) in [5.74, 6) is 0. The molecule has 0 unspecified atom stereocenters. The molecule has 90 valence electrons. The fourth-order valence-electron chi connectivity index (χ4n) is 1.41. The van der Waals surface area contributed by atoms with Gasteiger partial charge in [-0.3, -0.25) is 4.98 Å². The maximum atomic E-state index is 12.5. The Bertz CT molecular complexity index is 386. The highest BCUT2D eigenvalue weighted by Crippen LogP contribution is 2.38. The molecule has 0 spiro atoms. The minimum Gasteiger partial charge on any atom is -0.325 e. The quantitative estimate of drug-likeness (QED) is 0.807. The lowest BCUT2D eigenvalue weighted by Crippen LogP contribution is -2.15. The number of halogens is 5. The van der Waals surface area contributed by atoms with Gasteiger partial charge in [0.05, 0.1) is 17.0 Å². The van der Waals surface area contributed by atoms with Crippen molar-refractivity contribution >= 4 is 0 Å². The lowest BCUT2D eigenvalue weighted by atomic mass is 10.1. The minimum absolute atomic E-state index is 0.0146. The van der Waals surface area contributed by atoms with E-state index in [2.05, 4.69) is 4.98 Å². The van der Waals surface area contributed by atoms with Crippen LogP contribution in [0.5, 0.6) is 0 Å². The Labute approximate surface area is 88.3 Å². The molecule has 1 aromatic rings. The van der Waals surface area contributed by atoms with Crippen molar-refractivity contribution < 1.29 is 22.0 Å². The number of hydrogen-bond donors (Lipinski definition) is 1. The lowest BCUT2D eigenvalue weighted by Gasteiger charge is -2.15. The molecule has 1 aromatic heterocycles. The second-order valence-electron chi connectivity index (χ2n) is 3.17. The van der Waals surface area contributed by atoms with Crippen LogP contribution in [0.4, 0.5) is 22.0 Å². The van der Waals surface area contributed by atoms with Gasteiger partial charge in [-0.05, 0) is 13.0 Å². The number of hydrogen-bond acceptors (Lipinski definition) is 2. The van der Waals surface area contributed by atoms with Gasteiger partial charge in [0.2, 0.25) is 0 Å². The van der Waals surface area contributed by atoms with Crippen LogP contribution >= 0.6 is 0 Å². The summed E-state index contributed by atoms with van der Waals surface area (Å²) in [7, 11) is 0. The Morgan fingerprint density at radius 2 is 1.94 bits per heavy atom. The number of aromatic nitrogens is 1. The molecule has 7 heteroatoms. The second-order valence-corrected chi connectivity index (χ2v) is 3.17. The summed E-state index contributed by atoms with van der Waals surface area (Å²) in [5.41, 5.74) is 2.25. The molecule has 16 heavy (non-hydrogen) atoms. The summed E-state index contributed by atoms with van der Waals surface area (Å²) < 4.78 is 62.5. The third-order valence-corrected chi connectivity index (χ3v) is 2.01. The van der Waals surface area contributed by atoms with Crippen molar-refractivity contribution in [1.29, 1.82) is 0 Å². The van der Waals surface area contributed by atoms with Gasteiger partial charge < -0.3 is 5.73 Å². The molecule has 2 N–H and O–H groups in total. The Hall–Kier alpha value is -1.24. The molecule has 1 rings (SSSR count). The summed E-state index contributed by atoms with van der Waals surface area (Å²) in [6.07, 6.45) is -8.04. The van der Waals surface area contributed by atoms with Gasteiger partial charge in [0.25, 0.3) is 6.43 Å². The Morgan fingerprint density at radius 1 is 1.38 bits per heavy atom. The van der Waals surface area contributed by atoms with Crippen molar-refractivity contribution in [3.63, 3.8) is 0 Å². The predicted octanol–water partition coefficient (Wildman–Crippen LogP) is 2.81. The number of pyridine rings is 1. The van der Waals surface area contributed by atoms with Crippen molar-refractivity contribution in [2.75, 3.05) is 0 Å². The molecule has 0 saturated carbocycles. The smallest absolute Gasteiger partial charge is 0.325 e. The second kappa shape index (κ2) is 4.32. The molecule has 0 bridgehead atoms. The first kappa shape index (κ1) is 12.8. The van der Waals surface area contributed by atoms with E-state index >= 15 is 0 Å². The Morgan fingerprint density at radius 3 is 2.31 bits per heavy atom. The van der Waals surface area contributed by atoms with Crippen molar-refractivity contribution in [2.24, 2.45) is 5.73 Å². The summed E-state index contributed by atoms with van der Waals surface area (Å²) in [6.45, 7) is 0.854. The van der Waals surface area contributed by atoms with Crippen LogP contribution in [-0.2, 0) is 12.7 Å². The first-order valence-electron chi connectivity index (χ1n) is 4.33. The summed E-state index contributed by atoms with van der Waals surface area (Å²) in [4.78, 5) is 3.52. The van der Waals surface area contributed by atoms with E-state index in [-0.39, 0.29) is 12.2 Å². The fraction of sp³-hybridized carbons (Fsp3) is 0.444. The zero-order valence-electron chi connectivity index (χ0n) is 8.28. The largest absolute Gasteiger partial charge is 0.418 e. The van der Waals surface area contributed by atoms with Gasteiger partial charge in [0.15, 0.2) is 0 Å². The molecule has 0 amide bonds. The molecule has 0 aromatic carbocycles. The van der Waals surface area contributed by atoms with E-state index in [0.717, 1.165) is 6.92 Å². The van der Waals surface area contributed by atoms with Gasteiger partial charge in [0.1, 0.15) is 0 Å². The molecule has 0 radical (unpaired) electrons. The van der Waals surface area contributed by atoms with Crippen molar-refractivity contribution in [2.45, 2.75) is 26.1 Å². The highest BCUT2D eigenvalue weighted by atomic mass is 19.4. The maximum absolute atomic E-state index is 12.5. The molecule has 1 heterocycles. The third kappa shape index (κ3) is 2.46. The van der Waals surface area contributed by atoms with E-state index in [4.69, 9.17) is 5.73 Å². The predicted molar refractivity (Wildman–Crippen MR) is 46.8 cm³/mol. The van der Waals surface area contributed by atoms with Crippen LogP contribution in [-0.4, -0.2) is 4.98 Å². The van der Waals surface area contributed by atoms with Crippen LogP contribution in [0.2, 0.25) is 0 Å². The van der Waals surface area contributed by atoms with Gasteiger partial charge in [-0.2, -0.15) is 13.2 Å². The molecule has 2 nitrogen and oxygen atoms in total. The summed E-state index contributed by atoms with van der Waals surface area (Å²) in [6, 6.07) is 0.695. The molecule has 0 fully saturated rings. The van der Waals surface area contributed by atoms with E-state index in [1.165, 1.54) is 0 Å². The summed E-state index contributed by atoms with van der Waals surface area (Å²) >= 11 is 0. The van der Waals surface area contributed by atoms with Crippen molar-refractivity contribution in [3.8, 4) is 0 Å². The number of aryl methyl sites for hydroxylation is 1. The standard InChI is InChI=1S/C9H9F5N2/c1-4-7(9(12,13)14)6(8(10)11)2-5(3-15)16-4/h2,8H,3,15H2,1H3. The highest BCUT2D eigenvalue weighted by Gasteiger charge is 2.38. The zero-order valence-corrected chi connectivity index (χ0v) is 8.28. The fourth-order valence-corrected chi connectivity index (χ4v) is 1.41. The summed E-state index contributed by atoms with van der Waals surface area (Å²) in [5, 5.41) is 0.